The van der Waals surface area contributed by atoms with E-state index >= 15 is 0 Å². The monoisotopic (exact) mass is 281 g/mol. The number of hydrogen-bond donors (Lipinski definition) is 0. The maximum atomic E-state index is 12.4. The zero-order chi connectivity index (χ0) is 14.8. The third-order valence-electron chi connectivity index (χ3n) is 4.77. The van der Waals surface area contributed by atoms with Gasteiger partial charge in [0, 0.05) is 6.04 Å². The second-order valence-electron chi connectivity index (χ2n) is 7.52. The summed E-state index contributed by atoms with van der Waals surface area (Å²) in [5, 5.41) is 0. The van der Waals surface area contributed by atoms with Gasteiger partial charge in [0.05, 0.1) is 0 Å². The van der Waals surface area contributed by atoms with Crippen molar-refractivity contribution in [2.45, 2.75) is 90.3 Å². The molecule has 0 aromatic carbocycles. The van der Waals surface area contributed by atoms with E-state index in [-0.39, 0.29) is 17.6 Å². The smallest absolute Gasteiger partial charge is 0.323 e. The van der Waals surface area contributed by atoms with Crippen LogP contribution in [0.15, 0.2) is 0 Å². The molecular formula is C17H31NO2. The normalized spacial score (nSPS) is 32.3. The first-order valence-corrected chi connectivity index (χ1v) is 8.39. The first kappa shape index (κ1) is 15.8. The fraction of sp³-hybridized carbons (Fsp3) is 0.941. The first-order valence-electron chi connectivity index (χ1n) is 8.39. The SMILES string of the molecule is CCC1CCCC(N2CCC[C@H]2C(=O)OC(C)(C)C)C1. The summed E-state index contributed by atoms with van der Waals surface area (Å²) >= 11 is 0. The maximum Gasteiger partial charge on any atom is 0.323 e. The summed E-state index contributed by atoms with van der Waals surface area (Å²) in [7, 11) is 0. The van der Waals surface area contributed by atoms with Gasteiger partial charge in [-0.25, -0.2) is 0 Å². The molecule has 1 aliphatic carbocycles. The molecular weight excluding hydrogens is 250 g/mol. The van der Waals surface area contributed by atoms with Crippen LogP contribution in [-0.2, 0) is 9.53 Å². The van der Waals surface area contributed by atoms with Gasteiger partial charge in [0.15, 0.2) is 0 Å². The predicted molar refractivity (Wildman–Crippen MR) is 81.6 cm³/mol. The van der Waals surface area contributed by atoms with Crippen molar-refractivity contribution in [3.63, 3.8) is 0 Å². The van der Waals surface area contributed by atoms with Crippen molar-refractivity contribution in [2.75, 3.05) is 6.54 Å². The van der Waals surface area contributed by atoms with Gasteiger partial charge in [0.25, 0.3) is 0 Å². The van der Waals surface area contributed by atoms with Crippen molar-refractivity contribution in [1.82, 2.24) is 4.90 Å². The van der Waals surface area contributed by atoms with Crippen LogP contribution in [0.1, 0.15) is 72.6 Å². The highest BCUT2D eigenvalue weighted by atomic mass is 16.6. The van der Waals surface area contributed by atoms with Crippen LogP contribution in [0.2, 0.25) is 0 Å². The Morgan fingerprint density at radius 3 is 2.60 bits per heavy atom. The molecule has 0 bridgehead atoms. The van der Waals surface area contributed by atoms with Gasteiger partial charge in [-0.2, -0.15) is 0 Å². The summed E-state index contributed by atoms with van der Waals surface area (Å²) in [5.74, 6) is 0.849. The van der Waals surface area contributed by atoms with Gasteiger partial charge in [-0.1, -0.05) is 26.2 Å². The molecule has 1 saturated heterocycles. The Bertz CT molecular complexity index is 334. The molecule has 1 aliphatic heterocycles. The Balaban J connectivity index is 1.98. The van der Waals surface area contributed by atoms with Crippen LogP contribution < -0.4 is 0 Å². The number of rotatable bonds is 3. The molecule has 0 radical (unpaired) electrons. The van der Waals surface area contributed by atoms with E-state index in [1.807, 2.05) is 20.8 Å². The molecule has 1 heterocycles. The minimum atomic E-state index is -0.371. The largest absolute Gasteiger partial charge is 0.459 e. The summed E-state index contributed by atoms with van der Waals surface area (Å²) < 4.78 is 5.62. The van der Waals surface area contributed by atoms with E-state index in [2.05, 4.69) is 11.8 Å². The van der Waals surface area contributed by atoms with Crippen molar-refractivity contribution >= 4 is 5.97 Å². The summed E-state index contributed by atoms with van der Waals surface area (Å²) in [6.45, 7) is 9.24. The van der Waals surface area contributed by atoms with Crippen molar-refractivity contribution < 1.29 is 9.53 Å². The topological polar surface area (TPSA) is 29.5 Å². The molecule has 0 aromatic heterocycles. The second-order valence-corrected chi connectivity index (χ2v) is 7.52. The summed E-state index contributed by atoms with van der Waals surface area (Å²) in [6.07, 6.45) is 8.62. The summed E-state index contributed by atoms with van der Waals surface area (Å²) in [5.41, 5.74) is -0.371. The molecule has 2 aliphatic rings. The molecule has 0 spiro atoms. The number of ether oxygens (including phenoxy) is 1. The van der Waals surface area contributed by atoms with Crippen molar-refractivity contribution in [3.8, 4) is 0 Å². The highest BCUT2D eigenvalue weighted by Gasteiger charge is 2.39. The van der Waals surface area contributed by atoms with E-state index in [9.17, 15) is 4.79 Å². The second kappa shape index (κ2) is 6.46. The van der Waals surface area contributed by atoms with Gasteiger partial charge in [-0.05, 0) is 58.9 Å². The Morgan fingerprint density at radius 1 is 1.20 bits per heavy atom. The zero-order valence-electron chi connectivity index (χ0n) is 13.7. The molecule has 3 atom stereocenters. The minimum Gasteiger partial charge on any atom is -0.459 e. The number of carbonyl (C=O) groups excluding carboxylic acids is 1. The molecule has 3 heteroatoms. The molecule has 2 rings (SSSR count). The van der Waals surface area contributed by atoms with Crippen molar-refractivity contribution in [1.29, 1.82) is 0 Å². The quantitative estimate of drug-likeness (QED) is 0.738. The highest BCUT2D eigenvalue weighted by molar-refractivity contribution is 5.76. The van der Waals surface area contributed by atoms with Crippen LogP contribution >= 0.6 is 0 Å². The van der Waals surface area contributed by atoms with Crippen LogP contribution in [0, 0.1) is 5.92 Å². The molecule has 1 saturated carbocycles. The van der Waals surface area contributed by atoms with E-state index in [4.69, 9.17) is 4.74 Å². The summed E-state index contributed by atoms with van der Waals surface area (Å²) in [6, 6.07) is 0.614. The third kappa shape index (κ3) is 3.97. The minimum absolute atomic E-state index is 0.00591. The molecule has 0 amide bonds. The average molecular weight is 281 g/mol. The van der Waals surface area contributed by atoms with Gasteiger partial charge in [0.2, 0.25) is 0 Å². The zero-order valence-corrected chi connectivity index (χ0v) is 13.7. The number of hydrogen-bond acceptors (Lipinski definition) is 3. The first-order chi connectivity index (χ1) is 9.40. The molecule has 20 heavy (non-hydrogen) atoms. The fourth-order valence-corrected chi connectivity index (χ4v) is 3.78. The maximum absolute atomic E-state index is 12.4. The van der Waals surface area contributed by atoms with Crippen molar-refractivity contribution in [3.05, 3.63) is 0 Å². The Labute approximate surface area is 124 Å². The lowest BCUT2D eigenvalue weighted by molar-refractivity contribution is -0.161. The average Bonchev–Trinajstić information content (AvgIpc) is 2.86. The van der Waals surface area contributed by atoms with Gasteiger partial charge < -0.3 is 4.74 Å². The number of carbonyl (C=O) groups is 1. The van der Waals surface area contributed by atoms with Crippen LogP contribution in [-0.4, -0.2) is 35.1 Å². The number of nitrogens with zero attached hydrogens (tertiary/aromatic N) is 1. The molecule has 2 unspecified atom stereocenters. The predicted octanol–water partition coefficient (Wildman–Crippen LogP) is 3.76. The third-order valence-corrected chi connectivity index (χ3v) is 4.77. The van der Waals surface area contributed by atoms with Crippen LogP contribution in [0.25, 0.3) is 0 Å². The van der Waals surface area contributed by atoms with Gasteiger partial charge >= 0.3 is 5.97 Å². The van der Waals surface area contributed by atoms with Gasteiger partial charge in [-0.15, -0.1) is 0 Å². The van der Waals surface area contributed by atoms with E-state index in [0.29, 0.717) is 6.04 Å². The van der Waals surface area contributed by atoms with Gasteiger partial charge in [-0.3, -0.25) is 9.69 Å². The summed E-state index contributed by atoms with van der Waals surface area (Å²) in [4.78, 5) is 14.9. The number of likely N-dealkylation sites (tertiary alicyclic amines) is 1. The lowest BCUT2D eigenvalue weighted by Crippen LogP contribution is -2.47. The molecule has 3 nitrogen and oxygen atoms in total. The van der Waals surface area contributed by atoms with E-state index in [0.717, 1.165) is 25.3 Å². The molecule has 0 N–H and O–H groups in total. The van der Waals surface area contributed by atoms with E-state index < -0.39 is 0 Å². The van der Waals surface area contributed by atoms with Crippen LogP contribution in [0.3, 0.4) is 0 Å². The van der Waals surface area contributed by atoms with Crippen LogP contribution in [0.4, 0.5) is 0 Å². The molecule has 0 aromatic rings. The Morgan fingerprint density at radius 2 is 1.95 bits per heavy atom. The van der Waals surface area contributed by atoms with E-state index in [1.165, 1.54) is 32.1 Å². The fourth-order valence-electron chi connectivity index (χ4n) is 3.78. The molecule has 116 valence electrons. The Hall–Kier alpha value is -0.570. The standard InChI is InChI=1S/C17H31NO2/c1-5-13-8-6-9-14(12-13)18-11-7-10-15(18)16(19)20-17(2,3)4/h13-15H,5-12H2,1-4H3/t13?,14?,15-/m0/s1. The highest BCUT2D eigenvalue weighted by Crippen LogP contribution is 2.34. The van der Waals surface area contributed by atoms with Crippen molar-refractivity contribution in [2.24, 2.45) is 5.92 Å². The lowest BCUT2D eigenvalue weighted by Gasteiger charge is -2.38. The molecule has 2 fully saturated rings. The number of esters is 1. The van der Waals surface area contributed by atoms with Gasteiger partial charge in [0.1, 0.15) is 11.6 Å². The van der Waals surface area contributed by atoms with Crippen LogP contribution in [0.5, 0.6) is 0 Å². The van der Waals surface area contributed by atoms with E-state index in [1.54, 1.807) is 0 Å². The Kier molecular flexibility index (Phi) is 5.11. The lowest BCUT2D eigenvalue weighted by atomic mass is 9.83.